The van der Waals surface area contributed by atoms with Gasteiger partial charge in [-0.05, 0) is 31.0 Å². The highest BCUT2D eigenvalue weighted by Gasteiger charge is 2.40. The second-order valence-electron chi connectivity index (χ2n) is 4.96. The van der Waals surface area contributed by atoms with Crippen LogP contribution in [0.2, 0.25) is 0 Å². The molecular weight excluding hydrogens is 241 g/mol. The molecule has 0 aliphatic heterocycles. The number of benzene rings is 1. The van der Waals surface area contributed by atoms with Crippen LogP contribution in [0.5, 0.6) is 0 Å². The van der Waals surface area contributed by atoms with Crippen molar-refractivity contribution in [1.82, 2.24) is 0 Å². The summed E-state index contributed by atoms with van der Waals surface area (Å²) in [5, 5.41) is 2.93. The van der Waals surface area contributed by atoms with Gasteiger partial charge in [-0.2, -0.15) is 13.2 Å². The Balaban J connectivity index is 2.22. The van der Waals surface area contributed by atoms with Crippen LogP contribution in [0.1, 0.15) is 25.3 Å². The number of hydrogen-bond donors (Lipinski definition) is 2. The van der Waals surface area contributed by atoms with E-state index < -0.39 is 11.7 Å². The standard InChI is InChI=1S/C13H15F3N2/c1-8(12(2)5-6-12)18-9-3-4-11(17)10(7-9)13(14,15)16/h3-4,7,18H,1,5-6,17H2,2H3. The summed E-state index contributed by atoms with van der Waals surface area (Å²) < 4.78 is 38.0. The minimum absolute atomic E-state index is 0.0137. The Morgan fingerprint density at radius 1 is 1.39 bits per heavy atom. The third-order valence-electron chi connectivity index (χ3n) is 3.38. The molecule has 1 aliphatic rings. The van der Waals surface area contributed by atoms with Crippen molar-refractivity contribution in [3.63, 3.8) is 0 Å². The molecule has 0 aromatic heterocycles. The normalized spacial score (nSPS) is 17.3. The van der Waals surface area contributed by atoms with Gasteiger partial charge in [-0.1, -0.05) is 13.5 Å². The van der Waals surface area contributed by atoms with Crippen molar-refractivity contribution in [2.75, 3.05) is 11.1 Å². The second-order valence-corrected chi connectivity index (χ2v) is 4.96. The van der Waals surface area contributed by atoms with E-state index in [1.807, 2.05) is 6.92 Å². The number of allylic oxidation sites excluding steroid dienone is 1. The summed E-state index contributed by atoms with van der Waals surface area (Å²) in [4.78, 5) is 0. The minimum Gasteiger partial charge on any atom is -0.398 e. The molecule has 1 aromatic carbocycles. The monoisotopic (exact) mass is 256 g/mol. The van der Waals surface area contributed by atoms with Gasteiger partial charge in [-0.25, -0.2) is 0 Å². The van der Waals surface area contributed by atoms with Gasteiger partial charge in [0.15, 0.2) is 0 Å². The molecule has 98 valence electrons. The van der Waals surface area contributed by atoms with E-state index in [0.717, 1.165) is 24.6 Å². The SMILES string of the molecule is C=C(Nc1ccc(N)c(C(F)(F)F)c1)C1(C)CC1. The Hall–Kier alpha value is -1.65. The third-order valence-corrected chi connectivity index (χ3v) is 3.38. The molecule has 2 nitrogen and oxygen atoms in total. The highest BCUT2D eigenvalue weighted by Crippen LogP contribution is 2.50. The molecule has 0 bridgehead atoms. The quantitative estimate of drug-likeness (QED) is 0.802. The number of alkyl halides is 3. The Morgan fingerprint density at radius 3 is 2.50 bits per heavy atom. The molecule has 1 saturated carbocycles. The fourth-order valence-corrected chi connectivity index (χ4v) is 1.69. The van der Waals surface area contributed by atoms with E-state index in [2.05, 4.69) is 11.9 Å². The topological polar surface area (TPSA) is 38.0 Å². The Morgan fingerprint density at radius 2 is 2.00 bits per heavy atom. The lowest BCUT2D eigenvalue weighted by atomic mass is 10.1. The first-order valence-corrected chi connectivity index (χ1v) is 5.65. The average Bonchev–Trinajstić information content (AvgIpc) is 2.99. The third kappa shape index (κ3) is 2.44. The summed E-state index contributed by atoms with van der Waals surface area (Å²) in [6.07, 6.45) is -2.41. The molecule has 18 heavy (non-hydrogen) atoms. The number of hydrogen-bond acceptors (Lipinski definition) is 2. The second kappa shape index (κ2) is 3.93. The zero-order valence-corrected chi connectivity index (χ0v) is 10.1. The zero-order valence-electron chi connectivity index (χ0n) is 10.1. The van der Waals surface area contributed by atoms with Crippen LogP contribution in [0.25, 0.3) is 0 Å². The molecular formula is C13H15F3N2. The van der Waals surface area contributed by atoms with Gasteiger partial charge in [0.2, 0.25) is 0 Å². The molecule has 0 atom stereocenters. The van der Waals surface area contributed by atoms with E-state index in [1.165, 1.54) is 12.1 Å². The van der Waals surface area contributed by atoms with E-state index in [1.54, 1.807) is 0 Å². The first-order chi connectivity index (χ1) is 8.22. The highest BCUT2D eigenvalue weighted by atomic mass is 19.4. The maximum Gasteiger partial charge on any atom is 0.418 e. The molecule has 0 spiro atoms. The number of anilines is 2. The fraction of sp³-hybridized carbons (Fsp3) is 0.385. The summed E-state index contributed by atoms with van der Waals surface area (Å²) in [5.74, 6) is 0. The van der Waals surface area contributed by atoms with Gasteiger partial charge in [0.25, 0.3) is 0 Å². The smallest absolute Gasteiger partial charge is 0.398 e. The first kappa shape index (κ1) is 12.8. The lowest BCUT2D eigenvalue weighted by Crippen LogP contribution is -2.12. The van der Waals surface area contributed by atoms with Crippen molar-refractivity contribution < 1.29 is 13.2 Å². The minimum atomic E-state index is -4.44. The summed E-state index contributed by atoms with van der Waals surface area (Å²) in [6.45, 7) is 5.91. The van der Waals surface area contributed by atoms with Crippen LogP contribution in [0, 0.1) is 5.41 Å². The largest absolute Gasteiger partial charge is 0.418 e. The average molecular weight is 256 g/mol. The van der Waals surface area contributed by atoms with Crippen LogP contribution in [0.15, 0.2) is 30.5 Å². The zero-order chi connectivity index (χ0) is 13.6. The predicted octanol–water partition coefficient (Wildman–Crippen LogP) is 4.01. The Bertz CT molecular complexity index is 487. The summed E-state index contributed by atoms with van der Waals surface area (Å²) in [7, 11) is 0. The van der Waals surface area contributed by atoms with Gasteiger partial charge in [-0.15, -0.1) is 0 Å². The number of rotatable bonds is 3. The predicted molar refractivity (Wildman–Crippen MR) is 66.0 cm³/mol. The molecule has 0 radical (unpaired) electrons. The molecule has 0 unspecified atom stereocenters. The molecule has 3 N–H and O–H groups in total. The Kier molecular flexibility index (Phi) is 2.80. The van der Waals surface area contributed by atoms with Gasteiger partial charge in [0.1, 0.15) is 0 Å². The van der Waals surface area contributed by atoms with Crippen molar-refractivity contribution in [2.45, 2.75) is 25.9 Å². The van der Waals surface area contributed by atoms with E-state index >= 15 is 0 Å². The van der Waals surface area contributed by atoms with E-state index in [0.29, 0.717) is 5.69 Å². The lowest BCUT2D eigenvalue weighted by molar-refractivity contribution is -0.136. The summed E-state index contributed by atoms with van der Waals surface area (Å²) >= 11 is 0. The van der Waals surface area contributed by atoms with Gasteiger partial charge in [-0.3, -0.25) is 0 Å². The summed E-state index contributed by atoms with van der Waals surface area (Å²) in [6, 6.07) is 3.81. The number of nitrogen functional groups attached to an aromatic ring is 1. The van der Waals surface area contributed by atoms with Gasteiger partial charge in [0.05, 0.1) is 5.56 Å². The maximum atomic E-state index is 12.7. The van der Waals surface area contributed by atoms with Crippen LogP contribution >= 0.6 is 0 Å². The molecule has 0 saturated heterocycles. The van der Waals surface area contributed by atoms with E-state index in [4.69, 9.17) is 5.73 Å². The van der Waals surface area contributed by atoms with Crippen LogP contribution in [-0.2, 0) is 6.18 Å². The molecule has 1 aliphatic carbocycles. The number of nitrogens with two attached hydrogens (primary N) is 1. The van der Waals surface area contributed by atoms with Gasteiger partial charge in [0, 0.05) is 22.5 Å². The number of nitrogens with one attached hydrogen (secondary N) is 1. The maximum absolute atomic E-state index is 12.7. The van der Waals surface area contributed by atoms with Crippen molar-refractivity contribution in [3.05, 3.63) is 36.0 Å². The Labute approximate surface area is 104 Å². The number of halogens is 3. The van der Waals surface area contributed by atoms with Crippen LogP contribution in [0.3, 0.4) is 0 Å². The lowest BCUT2D eigenvalue weighted by Gasteiger charge is -2.17. The van der Waals surface area contributed by atoms with Gasteiger partial charge >= 0.3 is 6.18 Å². The van der Waals surface area contributed by atoms with E-state index in [9.17, 15) is 13.2 Å². The van der Waals surface area contributed by atoms with Crippen LogP contribution < -0.4 is 11.1 Å². The van der Waals surface area contributed by atoms with E-state index in [-0.39, 0.29) is 11.1 Å². The van der Waals surface area contributed by atoms with Crippen molar-refractivity contribution in [3.8, 4) is 0 Å². The van der Waals surface area contributed by atoms with Crippen molar-refractivity contribution in [2.24, 2.45) is 5.41 Å². The highest BCUT2D eigenvalue weighted by molar-refractivity contribution is 5.60. The van der Waals surface area contributed by atoms with Crippen molar-refractivity contribution in [1.29, 1.82) is 0 Å². The molecule has 0 amide bonds. The van der Waals surface area contributed by atoms with Crippen LogP contribution in [-0.4, -0.2) is 0 Å². The molecule has 1 aromatic rings. The van der Waals surface area contributed by atoms with Crippen molar-refractivity contribution >= 4 is 11.4 Å². The molecule has 0 heterocycles. The molecule has 2 rings (SSSR count). The molecule has 5 heteroatoms. The first-order valence-electron chi connectivity index (χ1n) is 5.65. The molecule has 1 fully saturated rings. The van der Waals surface area contributed by atoms with Gasteiger partial charge < -0.3 is 11.1 Å². The fourth-order valence-electron chi connectivity index (χ4n) is 1.69. The van der Waals surface area contributed by atoms with Crippen LogP contribution in [0.4, 0.5) is 24.5 Å². The summed E-state index contributed by atoms with van der Waals surface area (Å²) in [5.41, 5.74) is 5.38.